The molecule has 0 aliphatic heterocycles. The van der Waals surface area contributed by atoms with Crippen molar-refractivity contribution in [2.45, 2.75) is 27.3 Å². The van der Waals surface area contributed by atoms with Crippen molar-refractivity contribution in [3.63, 3.8) is 0 Å². The number of benzene rings is 1. The van der Waals surface area contributed by atoms with E-state index in [1.54, 1.807) is 30.3 Å². The van der Waals surface area contributed by atoms with E-state index in [-0.39, 0.29) is 12.3 Å². The van der Waals surface area contributed by atoms with Crippen LogP contribution in [0.3, 0.4) is 0 Å². The largest absolute Gasteiger partial charge is 0.337 e. The molecule has 5 nitrogen and oxygen atoms in total. The van der Waals surface area contributed by atoms with Crippen LogP contribution in [0, 0.1) is 20.8 Å². The predicted molar refractivity (Wildman–Crippen MR) is 120 cm³/mol. The summed E-state index contributed by atoms with van der Waals surface area (Å²) >= 11 is 8.84. The Morgan fingerprint density at radius 2 is 1.83 bits per heavy atom. The summed E-state index contributed by atoms with van der Waals surface area (Å²) in [4.78, 5) is 42.5. The number of carbonyl (C=O) groups is 1. The van der Waals surface area contributed by atoms with Crippen LogP contribution in [0.15, 0.2) is 46.0 Å². The zero-order chi connectivity index (χ0) is 20.9. The van der Waals surface area contributed by atoms with Gasteiger partial charge in [-0.1, -0.05) is 17.7 Å². The van der Waals surface area contributed by atoms with E-state index in [1.807, 2.05) is 26.8 Å². The van der Waals surface area contributed by atoms with Crippen LogP contribution in [-0.2, 0) is 6.54 Å². The first kappa shape index (κ1) is 19.8. The molecule has 0 saturated carbocycles. The van der Waals surface area contributed by atoms with Gasteiger partial charge in [-0.3, -0.25) is 14.2 Å². The molecule has 8 heteroatoms. The summed E-state index contributed by atoms with van der Waals surface area (Å²) in [6.45, 7) is 5.56. The highest BCUT2D eigenvalue weighted by Gasteiger charge is 2.21. The molecule has 0 atom stereocenters. The molecule has 148 valence electrons. The third kappa shape index (κ3) is 3.39. The number of hydrogen-bond donors (Lipinski definition) is 0. The van der Waals surface area contributed by atoms with E-state index < -0.39 is 11.2 Å². The zero-order valence-corrected chi connectivity index (χ0v) is 18.4. The Bertz CT molecular complexity index is 1390. The molecule has 0 amide bonds. The van der Waals surface area contributed by atoms with Gasteiger partial charge in [0, 0.05) is 14.8 Å². The van der Waals surface area contributed by atoms with Gasteiger partial charge in [-0.25, -0.2) is 9.36 Å². The van der Waals surface area contributed by atoms with Gasteiger partial charge in [0.05, 0.1) is 22.5 Å². The monoisotopic (exact) mass is 444 g/mol. The van der Waals surface area contributed by atoms with E-state index in [0.717, 1.165) is 19.9 Å². The quantitative estimate of drug-likeness (QED) is 0.427. The third-order valence-corrected chi connectivity index (χ3v) is 7.34. The highest BCUT2D eigenvalue weighted by atomic mass is 35.5. The van der Waals surface area contributed by atoms with Gasteiger partial charge in [-0.2, -0.15) is 0 Å². The number of aryl methyl sites for hydroxylation is 3. The van der Waals surface area contributed by atoms with Gasteiger partial charge >= 0.3 is 5.69 Å². The molecule has 0 unspecified atom stereocenters. The van der Waals surface area contributed by atoms with Crippen LogP contribution in [0.1, 0.15) is 25.0 Å². The number of halogens is 1. The third-order valence-electron chi connectivity index (χ3n) is 4.83. The van der Waals surface area contributed by atoms with E-state index in [9.17, 15) is 14.4 Å². The van der Waals surface area contributed by atoms with E-state index in [2.05, 4.69) is 0 Å². The molecular formula is C21H17ClN2O3S2. The molecule has 1 aromatic carbocycles. The van der Waals surface area contributed by atoms with Crippen molar-refractivity contribution in [1.29, 1.82) is 0 Å². The molecule has 0 spiro atoms. The molecule has 0 saturated heterocycles. The van der Waals surface area contributed by atoms with Gasteiger partial charge in [0.1, 0.15) is 4.83 Å². The fourth-order valence-electron chi connectivity index (χ4n) is 3.25. The lowest BCUT2D eigenvalue weighted by Crippen LogP contribution is -2.39. The number of hydrogen-bond acceptors (Lipinski definition) is 5. The summed E-state index contributed by atoms with van der Waals surface area (Å²) in [6, 6.07) is 10.2. The summed E-state index contributed by atoms with van der Waals surface area (Å²) in [7, 11) is 0. The minimum Gasteiger partial charge on any atom is -0.291 e. The first-order valence-corrected chi connectivity index (χ1v) is 10.9. The lowest BCUT2D eigenvalue weighted by Gasteiger charge is -2.12. The van der Waals surface area contributed by atoms with Crippen LogP contribution in [0.4, 0.5) is 0 Å². The van der Waals surface area contributed by atoms with Crippen LogP contribution >= 0.6 is 34.3 Å². The summed E-state index contributed by atoms with van der Waals surface area (Å²) in [5, 5.41) is 0.881. The summed E-state index contributed by atoms with van der Waals surface area (Å²) in [6.07, 6.45) is 0. The maximum Gasteiger partial charge on any atom is 0.337 e. The molecule has 0 fully saturated rings. The number of ketones is 1. The van der Waals surface area contributed by atoms with Gasteiger partial charge < -0.3 is 0 Å². The lowest BCUT2D eigenvalue weighted by atomic mass is 10.2. The minimum absolute atomic E-state index is 0.129. The molecule has 3 heterocycles. The Labute approximate surface area is 179 Å². The van der Waals surface area contributed by atoms with Crippen molar-refractivity contribution >= 4 is 50.3 Å². The molecule has 0 aliphatic rings. The van der Waals surface area contributed by atoms with Crippen LogP contribution in [0.2, 0.25) is 5.02 Å². The van der Waals surface area contributed by atoms with E-state index in [1.165, 1.54) is 27.2 Å². The Balaban J connectivity index is 2.01. The second-order valence-electron chi connectivity index (χ2n) is 6.79. The average Bonchev–Trinajstić information content (AvgIpc) is 3.23. The van der Waals surface area contributed by atoms with E-state index in [4.69, 9.17) is 11.6 Å². The van der Waals surface area contributed by atoms with Gasteiger partial charge in [0.15, 0.2) is 5.78 Å². The Hall–Kier alpha value is -2.48. The Kier molecular flexibility index (Phi) is 5.06. The Morgan fingerprint density at radius 1 is 1.07 bits per heavy atom. The second kappa shape index (κ2) is 7.40. The Morgan fingerprint density at radius 3 is 2.48 bits per heavy atom. The summed E-state index contributed by atoms with van der Waals surface area (Å²) < 4.78 is 2.50. The fraction of sp³-hybridized carbons (Fsp3) is 0.190. The first-order valence-electron chi connectivity index (χ1n) is 8.89. The first-order chi connectivity index (χ1) is 13.8. The number of carbonyl (C=O) groups excluding carboxylic acids is 1. The van der Waals surface area contributed by atoms with Crippen LogP contribution in [0.5, 0.6) is 0 Å². The van der Waals surface area contributed by atoms with Crippen molar-refractivity contribution in [2.75, 3.05) is 0 Å². The van der Waals surface area contributed by atoms with Gasteiger partial charge in [-0.05, 0) is 56.7 Å². The van der Waals surface area contributed by atoms with Gasteiger partial charge in [-0.15, -0.1) is 22.7 Å². The van der Waals surface area contributed by atoms with E-state index >= 15 is 0 Å². The molecule has 3 aromatic heterocycles. The van der Waals surface area contributed by atoms with Crippen molar-refractivity contribution in [2.24, 2.45) is 0 Å². The maximum absolute atomic E-state index is 13.3. The molecule has 0 radical (unpaired) electrons. The van der Waals surface area contributed by atoms with Crippen LogP contribution in [0.25, 0.3) is 15.9 Å². The summed E-state index contributed by atoms with van der Waals surface area (Å²) in [5.74, 6) is -0.161. The topological polar surface area (TPSA) is 61.1 Å². The normalized spacial score (nSPS) is 11.3. The molecule has 29 heavy (non-hydrogen) atoms. The predicted octanol–water partition coefficient (Wildman–Crippen LogP) is 4.74. The molecule has 0 bridgehead atoms. The van der Waals surface area contributed by atoms with Crippen molar-refractivity contribution < 1.29 is 4.79 Å². The van der Waals surface area contributed by atoms with Crippen LogP contribution in [-0.4, -0.2) is 14.9 Å². The highest BCUT2D eigenvalue weighted by molar-refractivity contribution is 7.18. The number of thiophene rings is 2. The number of fused-ring (bicyclic) bond motifs is 1. The lowest BCUT2D eigenvalue weighted by molar-refractivity contribution is 0.0975. The molecule has 0 N–H and O–H groups in total. The number of Topliss-reactive ketones (excluding diaryl/α,β-unsaturated/α-hetero) is 1. The van der Waals surface area contributed by atoms with Gasteiger partial charge in [0.25, 0.3) is 5.56 Å². The van der Waals surface area contributed by atoms with Crippen molar-refractivity contribution in [1.82, 2.24) is 9.13 Å². The molecular weight excluding hydrogens is 428 g/mol. The van der Waals surface area contributed by atoms with Crippen LogP contribution < -0.4 is 11.2 Å². The average molecular weight is 445 g/mol. The smallest absolute Gasteiger partial charge is 0.291 e. The van der Waals surface area contributed by atoms with Crippen molar-refractivity contribution in [3.05, 3.63) is 82.5 Å². The second-order valence-corrected chi connectivity index (χ2v) is 9.71. The standard InChI is InChI=1S/C21H17ClN2O3S2/c1-11-7-8-17(28-11)16(25)10-23-20-18(12(2)13(3)29-20)19(26)24(21(23)27)15-6-4-5-14(22)9-15/h4-9H,10H2,1-3H3. The van der Waals surface area contributed by atoms with E-state index in [0.29, 0.717) is 25.8 Å². The number of nitrogens with zero attached hydrogens (tertiary/aromatic N) is 2. The molecule has 0 aliphatic carbocycles. The maximum atomic E-state index is 13.3. The fourth-order valence-corrected chi connectivity index (χ4v) is 5.37. The summed E-state index contributed by atoms with van der Waals surface area (Å²) in [5.41, 5.74) is 0.252. The number of aromatic nitrogens is 2. The zero-order valence-electron chi connectivity index (χ0n) is 16.0. The minimum atomic E-state index is -0.548. The molecule has 4 rings (SSSR count). The van der Waals surface area contributed by atoms with Crippen molar-refractivity contribution in [3.8, 4) is 5.69 Å². The number of rotatable bonds is 4. The highest BCUT2D eigenvalue weighted by Crippen LogP contribution is 2.28. The van der Waals surface area contributed by atoms with Gasteiger partial charge in [0.2, 0.25) is 0 Å². The SMILES string of the molecule is Cc1ccc(C(=O)Cn2c(=O)n(-c3cccc(Cl)c3)c(=O)c3c(C)c(C)sc32)s1. The molecule has 4 aromatic rings.